The maximum absolute atomic E-state index is 6.54. The van der Waals surface area contributed by atoms with Gasteiger partial charge in [-0.15, -0.1) is 0 Å². The van der Waals surface area contributed by atoms with E-state index in [1.807, 2.05) is 42.5 Å². The molecule has 5 heteroatoms. The second kappa shape index (κ2) is 18.3. The van der Waals surface area contributed by atoms with Gasteiger partial charge >= 0.3 is 0 Å². The maximum atomic E-state index is 6.54. The van der Waals surface area contributed by atoms with Crippen molar-refractivity contribution in [3.63, 3.8) is 0 Å². The summed E-state index contributed by atoms with van der Waals surface area (Å²) < 4.78 is 8.88. The Kier molecular flexibility index (Phi) is 11.0. The van der Waals surface area contributed by atoms with Gasteiger partial charge in [0.05, 0.1) is 11.0 Å². The predicted octanol–water partition coefficient (Wildman–Crippen LogP) is 17.0. The Morgan fingerprint density at radius 3 is 1.84 bits per heavy atom. The van der Waals surface area contributed by atoms with Gasteiger partial charge in [0.25, 0.3) is 0 Å². The number of benzene rings is 10. The molecule has 0 N–H and O–H groups in total. The topological polar surface area (TPSA) is 52.8 Å². The van der Waals surface area contributed by atoms with Crippen LogP contribution in [0, 0.1) is 0 Å². The first-order chi connectivity index (χ1) is 34.6. The summed E-state index contributed by atoms with van der Waals surface area (Å²) in [4.78, 5) is 15.4. The van der Waals surface area contributed by atoms with Gasteiger partial charge in [0.2, 0.25) is 0 Å². The van der Waals surface area contributed by atoms with Gasteiger partial charge in [-0.05, 0) is 104 Å². The number of nitrogens with zero attached hydrogens (tertiary/aromatic N) is 4. The molecule has 0 saturated carbocycles. The first-order valence-corrected chi connectivity index (χ1v) is 23.4. The van der Waals surface area contributed by atoms with Gasteiger partial charge in [-0.1, -0.05) is 207 Å². The largest absolute Gasteiger partial charge is 0.457 e. The van der Waals surface area contributed by atoms with Crippen LogP contribution in [0.1, 0.15) is 11.4 Å². The Morgan fingerprint density at radius 1 is 0.429 bits per heavy atom. The highest BCUT2D eigenvalue weighted by Crippen LogP contribution is 2.37. The lowest BCUT2D eigenvalue weighted by Crippen LogP contribution is -2.02. The standard InChI is InChI=1S/C65H44N4O/c1-2-15-49(33-30-47-19-12-18-45-16-6-8-25-56(45)47)63-66-64(50-34-31-48(32-35-50)58-28-14-20-46-17-7-9-26-57(46)58)68-65(67-63)52-21-13-24-55(42-52)70-54-39-36-44(37-40-54)51-38-41-62-60(43-51)59-27-10-11-29-61(59)69(62)53-22-4-3-5-23-53/h2-43H,1H2/b33-30-,49-15+. The highest BCUT2D eigenvalue weighted by Gasteiger charge is 2.16. The Balaban J connectivity index is 0.875. The smallest absolute Gasteiger partial charge is 0.164 e. The molecule has 5 nitrogen and oxygen atoms in total. The molecular weight excluding hydrogens is 853 g/mol. The fourth-order valence-corrected chi connectivity index (χ4v) is 9.50. The van der Waals surface area contributed by atoms with Crippen LogP contribution in [0.2, 0.25) is 0 Å². The minimum Gasteiger partial charge on any atom is -0.457 e. The van der Waals surface area contributed by atoms with Gasteiger partial charge < -0.3 is 9.30 Å². The van der Waals surface area contributed by atoms with Gasteiger partial charge in [0, 0.05) is 33.2 Å². The molecule has 0 saturated heterocycles. The number of rotatable bonds is 11. The molecule has 0 radical (unpaired) electrons. The molecule has 0 aliphatic rings. The van der Waals surface area contributed by atoms with E-state index in [1.165, 1.54) is 48.9 Å². The van der Waals surface area contributed by atoms with Crippen molar-refractivity contribution in [1.82, 2.24) is 19.5 Å². The van der Waals surface area contributed by atoms with E-state index in [9.17, 15) is 0 Å². The number of ether oxygens (including phenoxy) is 1. The number of fused-ring (bicyclic) bond motifs is 5. The van der Waals surface area contributed by atoms with E-state index < -0.39 is 0 Å². The predicted molar refractivity (Wildman–Crippen MR) is 291 cm³/mol. The number of hydrogen-bond donors (Lipinski definition) is 0. The fraction of sp³-hybridized carbons (Fsp3) is 0. The monoisotopic (exact) mass is 896 g/mol. The van der Waals surface area contributed by atoms with Crippen molar-refractivity contribution in [2.75, 3.05) is 0 Å². The summed E-state index contributed by atoms with van der Waals surface area (Å²) in [7, 11) is 0. The fourth-order valence-electron chi connectivity index (χ4n) is 9.50. The molecule has 2 aromatic heterocycles. The first-order valence-electron chi connectivity index (χ1n) is 23.4. The third-order valence-corrected chi connectivity index (χ3v) is 12.9. The molecular formula is C65H44N4O. The van der Waals surface area contributed by atoms with E-state index in [-0.39, 0.29) is 0 Å². The maximum Gasteiger partial charge on any atom is 0.164 e. The van der Waals surface area contributed by atoms with Crippen LogP contribution in [0.15, 0.2) is 255 Å². The number of para-hydroxylation sites is 2. The van der Waals surface area contributed by atoms with Gasteiger partial charge in [-0.3, -0.25) is 0 Å². The van der Waals surface area contributed by atoms with Crippen LogP contribution in [0.3, 0.4) is 0 Å². The van der Waals surface area contributed by atoms with E-state index in [4.69, 9.17) is 19.7 Å². The van der Waals surface area contributed by atoms with E-state index in [1.54, 1.807) is 6.08 Å². The summed E-state index contributed by atoms with van der Waals surface area (Å²) in [5, 5.41) is 7.19. The van der Waals surface area contributed by atoms with Crippen molar-refractivity contribution in [3.8, 4) is 62.2 Å². The molecule has 0 atom stereocenters. The number of hydrogen-bond acceptors (Lipinski definition) is 4. The highest BCUT2D eigenvalue weighted by molar-refractivity contribution is 6.10. The quantitative estimate of drug-likeness (QED) is 0.121. The SMILES string of the molecule is C=C/C=C(\C=C/c1cccc2ccccc12)c1nc(-c2ccc(-c3cccc4ccccc34)cc2)nc(-c2cccc(Oc3ccc(-c4ccc5c(c4)c4ccccc4n5-c4ccccc4)cc3)c2)n1. The molecule has 0 aliphatic heterocycles. The van der Waals surface area contributed by atoms with Crippen molar-refractivity contribution >= 4 is 55.0 Å². The molecule has 0 spiro atoms. The molecule has 330 valence electrons. The van der Waals surface area contributed by atoms with Crippen LogP contribution in [0.25, 0.3) is 106 Å². The van der Waals surface area contributed by atoms with Crippen LogP contribution in [-0.2, 0) is 0 Å². The van der Waals surface area contributed by atoms with Crippen LogP contribution in [-0.4, -0.2) is 19.5 Å². The van der Waals surface area contributed by atoms with E-state index >= 15 is 0 Å². The van der Waals surface area contributed by atoms with Crippen molar-refractivity contribution in [2.45, 2.75) is 0 Å². The molecule has 12 rings (SSSR count). The summed E-state index contributed by atoms with van der Waals surface area (Å²) >= 11 is 0. The zero-order valence-electron chi connectivity index (χ0n) is 38.2. The summed E-state index contributed by atoms with van der Waals surface area (Å²) in [6.45, 7) is 4.06. The third kappa shape index (κ3) is 8.12. The summed E-state index contributed by atoms with van der Waals surface area (Å²) in [6.07, 6.45) is 7.88. The van der Waals surface area contributed by atoms with Crippen LogP contribution < -0.4 is 4.74 Å². The van der Waals surface area contributed by atoms with Crippen molar-refractivity contribution < 1.29 is 4.74 Å². The Morgan fingerprint density at radius 2 is 1.04 bits per heavy atom. The van der Waals surface area contributed by atoms with E-state index in [0.29, 0.717) is 23.2 Å². The van der Waals surface area contributed by atoms with E-state index in [0.717, 1.165) is 50.4 Å². The second-order valence-electron chi connectivity index (χ2n) is 17.2. The first kappa shape index (κ1) is 41.9. The van der Waals surface area contributed by atoms with Gasteiger partial charge in [-0.25, -0.2) is 15.0 Å². The molecule has 0 amide bonds. The summed E-state index contributed by atoms with van der Waals surface area (Å²) in [6, 6.07) is 80.2. The minimum atomic E-state index is 0.525. The van der Waals surface area contributed by atoms with Gasteiger partial charge in [0.1, 0.15) is 11.5 Å². The Hall–Kier alpha value is -9.45. The zero-order chi connectivity index (χ0) is 46.8. The summed E-state index contributed by atoms with van der Waals surface area (Å²) in [5.41, 5.74) is 11.6. The van der Waals surface area contributed by atoms with Crippen LogP contribution >= 0.6 is 0 Å². The summed E-state index contributed by atoms with van der Waals surface area (Å²) in [5.74, 6) is 3.00. The zero-order valence-corrected chi connectivity index (χ0v) is 38.2. The molecule has 0 fully saturated rings. The lowest BCUT2D eigenvalue weighted by molar-refractivity contribution is 0.483. The highest BCUT2D eigenvalue weighted by atomic mass is 16.5. The minimum absolute atomic E-state index is 0.525. The van der Waals surface area contributed by atoms with Crippen molar-refractivity contribution in [2.24, 2.45) is 0 Å². The lowest BCUT2D eigenvalue weighted by atomic mass is 9.97. The lowest BCUT2D eigenvalue weighted by Gasteiger charge is -2.12. The molecule has 2 heterocycles. The Bertz CT molecular complexity index is 3970. The number of allylic oxidation sites excluding steroid dienone is 4. The molecule has 0 aliphatic carbocycles. The normalized spacial score (nSPS) is 11.8. The molecule has 70 heavy (non-hydrogen) atoms. The van der Waals surface area contributed by atoms with Gasteiger partial charge in [-0.2, -0.15) is 0 Å². The van der Waals surface area contributed by atoms with Crippen molar-refractivity contribution in [1.29, 1.82) is 0 Å². The average Bonchev–Trinajstić information content (AvgIpc) is 3.76. The second-order valence-corrected chi connectivity index (χ2v) is 17.2. The van der Waals surface area contributed by atoms with Crippen LogP contribution in [0.5, 0.6) is 11.5 Å². The number of aromatic nitrogens is 4. The molecule has 0 unspecified atom stereocenters. The van der Waals surface area contributed by atoms with Crippen LogP contribution in [0.4, 0.5) is 0 Å². The van der Waals surface area contributed by atoms with E-state index in [2.05, 4.69) is 217 Å². The molecule has 10 aromatic carbocycles. The Labute approximate surface area is 406 Å². The molecule has 12 aromatic rings. The van der Waals surface area contributed by atoms with Gasteiger partial charge in [0.15, 0.2) is 17.5 Å². The average molecular weight is 897 g/mol. The third-order valence-electron chi connectivity index (χ3n) is 12.9. The van der Waals surface area contributed by atoms with Crippen molar-refractivity contribution in [3.05, 3.63) is 267 Å². The molecule has 0 bridgehead atoms.